The summed E-state index contributed by atoms with van der Waals surface area (Å²) < 4.78 is 5.51. The molecule has 7 nitrogen and oxygen atoms in total. The number of carbonyl (C=O) groups excluding carboxylic acids is 2. The van der Waals surface area contributed by atoms with Crippen LogP contribution in [0.25, 0.3) is 5.57 Å². The van der Waals surface area contributed by atoms with Gasteiger partial charge in [0, 0.05) is 42.2 Å². The summed E-state index contributed by atoms with van der Waals surface area (Å²) in [5.74, 6) is 0.221. The molecule has 2 aliphatic rings. The normalized spacial score (nSPS) is 18.2. The van der Waals surface area contributed by atoms with Crippen molar-refractivity contribution in [3.63, 3.8) is 0 Å². The highest BCUT2D eigenvalue weighted by atomic mass is 16.5. The molecule has 1 aromatic rings. The molecular formula is C21H23N3O4. The highest BCUT2D eigenvalue weighted by Crippen LogP contribution is 2.38. The van der Waals surface area contributed by atoms with Crippen LogP contribution in [-0.4, -0.2) is 60.9 Å². The third kappa shape index (κ3) is 3.75. The molecule has 3 rings (SSSR count). The van der Waals surface area contributed by atoms with E-state index < -0.39 is 6.04 Å². The van der Waals surface area contributed by atoms with E-state index in [-0.39, 0.29) is 25.0 Å². The van der Waals surface area contributed by atoms with E-state index in [1.54, 1.807) is 42.6 Å². The lowest BCUT2D eigenvalue weighted by molar-refractivity contribution is -0.128. The van der Waals surface area contributed by atoms with Crippen LogP contribution in [-0.2, 0) is 4.79 Å². The van der Waals surface area contributed by atoms with E-state index in [4.69, 9.17) is 9.84 Å². The summed E-state index contributed by atoms with van der Waals surface area (Å²) in [7, 11) is 1.56. The number of hydrogen-bond acceptors (Lipinski definition) is 5. The number of methoxy groups -OCH3 is 1. The maximum Gasteiger partial charge on any atom is 0.256 e. The topological polar surface area (TPSA) is 91.2 Å². The van der Waals surface area contributed by atoms with Crippen LogP contribution in [0, 0.1) is 0 Å². The fraction of sp³-hybridized carbons (Fsp3) is 0.286. The van der Waals surface area contributed by atoms with Crippen LogP contribution in [0.2, 0.25) is 0 Å². The van der Waals surface area contributed by atoms with Crippen molar-refractivity contribution in [2.24, 2.45) is 4.99 Å². The second kappa shape index (κ2) is 8.67. The fourth-order valence-electron chi connectivity index (χ4n) is 3.18. The lowest BCUT2D eigenvalue weighted by Crippen LogP contribution is -2.39. The number of amides is 2. The molecule has 7 heteroatoms. The van der Waals surface area contributed by atoms with Crippen molar-refractivity contribution in [3.05, 3.63) is 59.3 Å². The van der Waals surface area contributed by atoms with Gasteiger partial charge in [0.15, 0.2) is 6.04 Å². The number of nitrogens with one attached hydrogen (secondary N) is 1. The highest BCUT2D eigenvalue weighted by molar-refractivity contribution is 6.05. The van der Waals surface area contributed by atoms with Crippen molar-refractivity contribution in [3.8, 4) is 5.75 Å². The van der Waals surface area contributed by atoms with Crippen LogP contribution in [0.4, 0.5) is 0 Å². The first-order chi connectivity index (χ1) is 13.6. The van der Waals surface area contributed by atoms with Crippen LogP contribution >= 0.6 is 0 Å². The molecule has 0 spiro atoms. The smallest absolute Gasteiger partial charge is 0.256 e. The van der Waals surface area contributed by atoms with E-state index in [0.717, 1.165) is 11.1 Å². The van der Waals surface area contributed by atoms with E-state index in [1.807, 2.05) is 25.2 Å². The summed E-state index contributed by atoms with van der Waals surface area (Å²) in [5, 5.41) is 11.6. The van der Waals surface area contributed by atoms with Gasteiger partial charge in [-0.2, -0.15) is 0 Å². The molecule has 1 unspecified atom stereocenters. The number of aliphatic hydroxyl groups is 1. The van der Waals surface area contributed by atoms with E-state index in [9.17, 15) is 9.59 Å². The summed E-state index contributed by atoms with van der Waals surface area (Å²) in [6, 6.07) is 4.54. The summed E-state index contributed by atoms with van der Waals surface area (Å²) in [5.41, 5.74) is 2.73. The summed E-state index contributed by atoms with van der Waals surface area (Å²) in [6.45, 7) is 2.39. The molecule has 28 heavy (non-hydrogen) atoms. The lowest BCUT2D eigenvalue weighted by Gasteiger charge is -2.29. The zero-order valence-corrected chi connectivity index (χ0v) is 15.9. The van der Waals surface area contributed by atoms with Gasteiger partial charge in [0.1, 0.15) is 5.75 Å². The van der Waals surface area contributed by atoms with Gasteiger partial charge >= 0.3 is 0 Å². The number of aliphatic hydroxyl groups excluding tert-OH is 1. The Labute approximate surface area is 163 Å². The first-order valence-corrected chi connectivity index (χ1v) is 9.05. The van der Waals surface area contributed by atoms with Crippen LogP contribution < -0.4 is 10.1 Å². The molecule has 0 saturated heterocycles. The molecule has 1 aromatic carbocycles. The first-order valence-electron chi connectivity index (χ1n) is 9.05. The van der Waals surface area contributed by atoms with Crippen molar-refractivity contribution in [2.45, 2.75) is 13.0 Å². The number of nitrogens with zero attached hydrogens (tertiary/aromatic N) is 2. The Morgan fingerprint density at radius 1 is 1.43 bits per heavy atom. The SMILES string of the molecule is C/C=C/CN1C=C(c2cc(C(=O)NCCO)ccc2OC)C2=CC=NC2C1=O. The van der Waals surface area contributed by atoms with Crippen molar-refractivity contribution in [1.82, 2.24) is 10.2 Å². The van der Waals surface area contributed by atoms with E-state index in [1.165, 1.54) is 0 Å². The van der Waals surface area contributed by atoms with Crippen molar-refractivity contribution in [1.29, 1.82) is 0 Å². The largest absolute Gasteiger partial charge is 0.496 e. The summed E-state index contributed by atoms with van der Waals surface area (Å²) in [4.78, 5) is 31.0. The quantitative estimate of drug-likeness (QED) is 0.701. The molecule has 2 N–H and O–H groups in total. The Kier molecular flexibility index (Phi) is 6.06. The summed E-state index contributed by atoms with van der Waals surface area (Å²) >= 11 is 0. The van der Waals surface area contributed by atoms with Gasteiger partial charge in [-0.25, -0.2) is 0 Å². The van der Waals surface area contributed by atoms with E-state index in [0.29, 0.717) is 23.4 Å². The van der Waals surface area contributed by atoms with Crippen LogP contribution in [0.3, 0.4) is 0 Å². The van der Waals surface area contributed by atoms with Gasteiger partial charge in [-0.15, -0.1) is 0 Å². The number of aliphatic imine (C=N–C) groups is 1. The Balaban J connectivity index is 2.06. The van der Waals surface area contributed by atoms with Crippen LogP contribution in [0.15, 0.2) is 53.2 Å². The molecular weight excluding hydrogens is 358 g/mol. The van der Waals surface area contributed by atoms with Gasteiger partial charge < -0.3 is 20.1 Å². The first kappa shape index (κ1) is 19.6. The number of allylic oxidation sites excluding steroid dienone is 2. The zero-order valence-electron chi connectivity index (χ0n) is 15.9. The number of fused-ring (bicyclic) bond motifs is 1. The van der Waals surface area contributed by atoms with Gasteiger partial charge in [0.2, 0.25) is 0 Å². The third-order valence-corrected chi connectivity index (χ3v) is 4.58. The van der Waals surface area contributed by atoms with Crippen molar-refractivity contribution >= 4 is 23.6 Å². The van der Waals surface area contributed by atoms with Crippen LogP contribution in [0.5, 0.6) is 5.75 Å². The molecule has 0 bridgehead atoms. The van der Waals surface area contributed by atoms with Crippen LogP contribution in [0.1, 0.15) is 22.8 Å². The maximum absolute atomic E-state index is 12.7. The van der Waals surface area contributed by atoms with Gasteiger partial charge in [-0.3, -0.25) is 14.6 Å². The number of rotatable bonds is 7. The molecule has 2 amide bonds. The predicted octanol–water partition coefficient (Wildman–Crippen LogP) is 1.56. The Morgan fingerprint density at radius 3 is 2.96 bits per heavy atom. The molecule has 2 aliphatic heterocycles. The van der Waals surface area contributed by atoms with Gasteiger partial charge in [-0.05, 0) is 36.8 Å². The number of carbonyl (C=O) groups is 2. The second-order valence-electron chi connectivity index (χ2n) is 6.32. The van der Waals surface area contributed by atoms with Crippen molar-refractivity contribution < 1.29 is 19.4 Å². The molecule has 0 aromatic heterocycles. The standard InChI is InChI=1S/C21H23N3O4/c1-3-4-10-24-13-17(15-7-8-22-19(15)21(24)27)16-12-14(5-6-18(16)28-2)20(26)23-9-11-25/h3-8,12-13,19,25H,9-11H2,1-2H3,(H,23,26)/b4-3+. The Bertz CT molecular complexity index is 899. The maximum atomic E-state index is 12.7. The molecule has 146 valence electrons. The zero-order chi connectivity index (χ0) is 20.1. The minimum Gasteiger partial charge on any atom is -0.496 e. The Hall–Kier alpha value is -3.19. The van der Waals surface area contributed by atoms with E-state index >= 15 is 0 Å². The molecule has 2 heterocycles. The molecule has 1 atom stereocenters. The molecule has 0 radical (unpaired) electrons. The van der Waals surface area contributed by atoms with E-state index in [2.05, 4.69) is 10.3 Å². The molecule has 0 aliphatic carbocycles. The predicted molar refractivity (Wildman–Crippen MR) is 107 cm³/mol. The van der Waals surface area contributed by atoms with Gasteiger partial charge in [0.25, 0.3) is 11.8 Å². The average molecular weight is 381 g/mol. The number of hydrogen-bond donors (Lipinski definition) is 2. The minimum atomic E-state index is -0.582. The second-order valence-corrected chi connectivity index (χ2v) is 6.32. The highest BCUT2D eigenvalue weighted by Gasteiger charge is 2.35. The fourth-order valence-corrected chi connectivity index (χ4v) is 3.18. The monoisotopic (exact) mass is 381 g/mol. The van der Waals surface area contributed by atoms with Gasteiger partial charge in [-0.1, -0.05) is 12.2 Å². The average Bonchev–Trinajstić information content (AvgIpc) is 3.21. The number of ether oxygens (including phenoxy) is 1. The van der Waals surface area contributed by atoms with Crippen molar-refractivity contribution in [2.75, 3.05) is 26.8 Å². The summed E-state index contributed by atoms with van der Waals surface area (Å²) in [6.07, 6.45) is 9.02. The minimum absolute atomic E-state index is 0.0855. The third-order valence-electron chi connectivity index (χ3n) is 4.58. The molecule has 0 fully saturated rings. The Morgan fingerprint density at radius 2 is 2.25 bits per heavy atom. The lowest BCUT2D eigenvalue weighted by atomic mass is 9.89. The van der Waals surface area contributed by atoms with Gasteiger partial charge in [0.05, 0.1) is 13.7 Å². The number of benzene rings is 1. The molecule has 0 saturated carbocycles.